The smallest absolute Gasteiger partial charge is 0.408 e. The van der Waals surface area contributed by atoms with Gasteiger partial charge in [-0.15, -0.1) is 0 Å². The molecule has 1 amide bonds. The molecule has 0 aliphatic heterocycles. The van der Waals surface area contributed by atoms with Gasteiger partial charge in [0.1, 0.15) is 11.6 Å². The molecular weight excluding hydrogens is 370 g/mol. The lowest BCUT2D eigenvalue weighted by Gasteiger charge is -2.40. The number of alkyl carbamates (subject to hydrolysis) is 1. The summed E-state index contributed by atoms with van der Waals surface area (Å²) in [6.45, 7) is 15.7. The fraction of sp³-hybridized carbons (Fsp3) is 0.591. The van der Waals surface area contributed by atoms with E-state index in [-0.39, 0.29) is 11.6 Å². The molecule has 0 saturated heterocycles. The van der Waals surface area contributed by atoms with E-state index in [2.05, 4.69) is 51.0 Å². The third kappa shape index (κ3) is 8.05. The predicted octanol–water partition coefficient (Wildman–Crippen LogP) is 4.31. The van der Waals surface area contributed by atoms with E-state index < -0.39 is 32.2 Å². The summed E-state index contributed by atoms with van der Waals surface area (Å²) in [5.74, 6) is 6.11. The zero-order valence-electron chi connectivity index (χ0n) is 18.4. The van der Waals surface area contributed by atoms with Crippen LogP contribution in [0.2, 0.25) is 18.1 Å². The molecule has 2 N–H and O–H groups in total. The number of carbonyl (C=O) groups is 1. The summed E-state index contributed by atoms with van der Waals surface area (Å²) in [4.78, 5) is 12.3. The monoisotopic (exact) mass is 405 g/mol. The lowest BCUT2D eigenvalue weighted by Crippen LogP contribution is -2.53. The van der Waals surface area contributed by atoms with Crippen LogP contribution in [0.1, 0.15) is 47.1 Å². The van der Waals surface area contributed by atoms with Crippen molar-refractivity contribution in [2.45, 2.75) is 77.4 Å². The highest BCUT2D eigenvalue weighted by Crippen LogP contribution is 2.37. The number of rotatable bonds is 5. The molecule has 1 aromatic rings. The molecule has 0 saturated carbocycles. The van der Waals surface area contributed by atoms with E-state index in [0.29, 0.717) is 0 Å². The average Bonchev–Trinajstić information content (AvgIpc) is 2.55. The molecule has 1 aromatic carbocycles. The number of aliphatic hydroxyl groups is 1. The lowest BCUT2D eigenvalue weighted by atomic mass is 10.1. The van der Waals surface area contributed by atoms with Crippen LogP contribution >= 0.6 is 0 Å². The van der Waals surface area contributed by atoms with E-state index in [9.17, 15) is 9.90 Å². The van der Waals surface area contributed by atoms with Gasteiger partial charge >= 0.3 is 6.09 Å². The van der Waals surface area contributed by atoms with E-state index in [1.807, 2.05) is 30.3 Å². The highest BCUT2D eigenvalue weighted by atomic mass is 28.4. The van der Waals surface area contributed by atoms with Crippen molar-refractivity contribution >= 4 is 14.4 Å². The Hall–Kier alpha value is -1.81. The van der Waals surface area contributed by atoms with Crippen LogP contribution in [0.4, 0.5) is 4.79 Å². The van der Waals surface area contributed by atoms with Crippen LogP contribution in [0.15, 0.2) is 30.3 Å². The Morgan fingerprint density at radius 1 is 1.14 bits per heavy atom. The molecule has 2 atom stereocenters. The maximum atomic E-state index is 12.3. The number of ether oxygens (including phenoxy) is 1. The average molecular weight is 406 g/mol. The van der Waals surface area contributed by atoms with Crippen LogP contribution in [0.5, 0.6) is 0 Å². The Morgan fingerprint density at radius 3 is 2.18 bits per heavy atom. The number of amides is 1. The van der Waals surface area contributed by atoms with Gasteiger partial charge in [0.05, 0.1) is 12.7 Å². The van der Waals surface area contributed by atoms with Crippen LogP contribution in [0.25, 0.3) is 0 Å². The zero-order valence-corrected chi connectivity index (χ0v) is 19.4. The molecule has 156 valence electrons. The van der Waals surface area contributed by atoms with Gasteiger partial charge in [0.15, 0.2) is 8.32 Å². The van der Waals surface area contributed by atoms with Gasteiger partial charge in [0.2, 0.25) is 0 Å². The maximum Gasteiger partial charge on any atom is 0.408 e. The van der Waals surface area contributed by atoms with Crippen molar-refractivity contribution in [2.24, 2.45) is 0 Å². The molecule has 0 fully saturated rings. The highest BCUT2D eigenvalue weighted by Gasteiger charge is 2.41. The van der Waals surface area contributed by atoms with Gasteiger partial charge in [-0.2, -0.15) is 0 Å². The minimum Gasteiger partial charge on any atom is -0.444 e. The van der Waals surface area contributed by atoms with Crippen molar-refractivity contribution in [1.29, 1.82) is 0 Å². The number of benzene rings is 1. The minimum absolute atomic E-state index is 0.0379. The van der Waals surface area contributed by atoms with Gasteiger partial charge < -0.3 is 19.6 Å². The summed E-state index contributed by atoms with van der Waals surface area (Å²) in [7, 11) is -2.18. The van der Waals surface area contributed by atoms with E-state index >= 15 is 0 Å². The molecule has 0 aliphatic carbocycles. The summed E-state index contributed by atoms with van der Waals surface area (Å²) in [6, 6.07) is 8.79. The van der Waals surface area contributed by atoms with Gasteiger partial charge in [-0.05, 0) is 51.0 Å². The van der Waals surface area contributed by atoms with Crippen LogP contribution < -0.4 is 5.32 Å². The number of carbonyl (C=O) groups excluding carboxylic acids is 1. The minimum atomic E-state index is -2.18. The number of hydrogen-bond acceptors (Lipinski definition) is 4. The van der Waals surface area contributed by atoms with Crippen molar-refractivity contribution in [3.63, 3.8) is 0 Å². The normalized spacial score (nSPS) is 14.5. The summed E-state index contributed by atoms with van der Waals surface area (Å²) in [5.41, 5.74) is 0.193. The first-order valence-corrected chi connectivity index (χ1v) is 12.5. The molecule has 0 heterocycles. The van der Waals surface area contributed by atoms with Gasteiger partial charge in [-0.1, -0.05) is 50.8 Å². The van der Waals surface area contributed by atoms with E-state index in [4.69, 9.17) is 9.16 Å². The maximum absolute atomic E-state index is 12.3. The van der Waals surface area contributed by atoms with Crippen molar-refractivity contribution in [3.8, 4) is 11.8 Å². The van der Waals surface area contributed by atoms with Crippen LogP contribution in [0, 0.1) is 11.8 Å². The molecule has 6 heteroatoms. The summed E-state index contributed by atoms with van der Waals surface area (Å²) in [5, 5.41) is 12.7. The molecule has 0 unspecified atom stereocenters. The third-order valence-corrected chi connectivity index (χ3v) is 9.13. The SMILES string of the molecule is CC(C)(C)OC(=O)N[C@@H](C#Cc1ccccc1)[C@@H](CO)O[Si](C)(C)C(C)(C)C. The lowest BCUT2D eigenvalue weighted by molar-refractivity contribution is 0.0412. The molecule has 0 aliphatic rings. The Bertz CT molecular complexity index is 693. The van der Waals surface area contributed by atoms with Crippen molar-refractivity contribution in [2.75, 3.05) is 6.61 Å². The second kappa shape index (κ2) is 9.60. The predicted molar refractivity (Wildman–Crippen MR) is 116 cm³/mol. The first kappa shape index (κ1) is 24.2. The summed E-state index contributed by atoms with van der Waals surface area (Å²) >= 11 is 0. The molecule has 1 rings (SSSR count). The van der Waals surface area contributed by atoms with E-state index in [1.54, 1.807) is 20.8 Å². The first-order chi connectivity index (χ1) is 12.7. The number of hydrogen-bond donors (Lipinski definition) is 2. The second-order valence-electron chi connectivity index (χ2n) is 9.36. The Kier molecular flexibility index (Phi) is 8.30. The highest BCUT2D eigenvalue weighted by molar-refractivity contribution is 6.74. The molecule has 5 nitrogen and oxygen atoms in total. The fourth-order valence-electron chi connectivity index (χ4n) is 2.11. The number of nitrogens with one attached hydrogen (secondary N) is 1. The fourth-order valence-corrected chi connectivity index (χ4v) is 3.43. The molecule has 0 radical (unpaired) electrons. The standard InChI is InChI=1S/C22H35NO4Si/c1-21(2,3)26-20(25)23-18(15-14-17-12-10-9-11-13-17)19(16-24)27-28(7,8)22(4,5)6/h9-13,18-19,24H,16H2,1-8H3,(H,23,25)/t18-,19+/m0/s1. The number of aliphatic hydroxyl groups excluding tert-OH is 1. The van der Waals surface area contributed by atoms with Crippen molar-refractivity contribution in [3.05, 3.63) is 35.9 Å². The van der Waals surface area contributed by atoms with E-state index in [1.165, 1.54) is 0 Å². The van der Waals surface area contributed by atoms with E-state index in [0.717, 1.165) is 5.56 Å². The second-order valence-corrected chi connectivity index (χ2v) is 14.1. The topological polar surface area (TPSA) is 67.8 Å². The Morgan fingerprint density at radius 2 is 1.71 bits per heavy atom. The molecule has 0 aromatic heterocycles. The Balaban J connectivity index is 3.13. The summed E-state index contributed by atoms with van der Waals surface area (Å²) < 4.78 is 11.7. The van der Waals surface area contributed by atoms with Crippen molar-refractivity contribution in [1.82, 2.24) is 5.32 Å². The van der Waals surface area contributed by atoms with Gasteiger partial charge in [-0.25, -0.2) is 4.79 Å². The van der Waals surface area contributed by atoms with Gasteiger partial charge in [0, 0.05) is 5.56 Å². The molecule has 0 spiro atoms. The third-order valence-electron chi connectivity index (χ3n) is 4.62. The van der Waals surface area contributed by atoms with Crippen LogP contribution in [-0.2, 0) is 9.16 Å². The molecular formula is C22H35NO4Si. The van der Waals surface area contributed by atoms with Gasteiger partial charge in [0.25, 0.3) is 0 Å². The summed E-state index contributed by atoms with van der Waals surface area (Å²) in [6.07, 6.45) is -1.23. The van der Waals surface area contributed by atoms with Crippen LogP contribution in [0.3, 0.4) is 0 Å². The zero-order chi connectivity index (χ0) is 21.6. The van der Waals surface area contributed by atoms with Gasteiger partial charge in [-0.3, -0.25) is 0 Å². The quantitative estimate of drug-likeness (QED) is 0.566. The van der Waals surface area contributed by atoms with Crippen molar-refractivity contribution < 1.29 is 19.1 Å². The molecule has 28 heavy (non-hydrogen) atoms. The molecule has 0 bridgehead atoms. The van der Waals surface area contributed by atoms with Crippen LogP contribution in [-0.4, -0.2) is 43.9 Å². The first-order valence-electron chi connectivity index (χ1n) is 9.60. The largest absolute Gasteiger partial charge is 0.444 e. The Labute approximate surface area is 171 Å².